The first-order valence-electron chi connectivity index (χ1n) is 12.3. The summed E-state index contributed by atoms with van der Waals surface area (Å²) < 4.78 is 49.0. The lowest BCUT2D eigenvalue weighted by Crippen LogP contribution is -2.35. The van der Waals surface area contributed by atoms with Crippen LogP contribution in [0.2, 0.25) is 0 Å². The molecule has 4 aromatic rings. The van der Waals surface area contributed by atoms with E-state index < -0.39 is 21.4 Å². The van der Waals surface area contributed by atoms with Crippen molar-refractivity contribution in [3.05, 3.63) is 72.3 Å². The number of aryl methyl sites for hydroxylation is 1. The van der Waals surface area contributed by atoms with Gasteiger partial charge in [-0.15, -0.1) is 10.2 Å². The summed E-state index contributed by atoms with van der Waals surface area (Å²) in [6.45, 7) is 7.05. The number of ether oxygens (including phenoxy) is 3. The number of rotatable bonds is 11. The van der Waals surface area contributed by atoms with Crippen LogP contribution in [-0.2, 0) is 14.8 Å². The van der Waals surface area contributed by atoms with Crippen molar-refractivity contribution >= 4 is 16.0 Å². The highest BCUT2D eigenvalue weighted by Gasteiger charge is 2.36. The Morgan fingerprint density at radius 2 is 1.49 bits per heavy atom. The zero-order valence-corrected chi connectivity index (χ0v) is 23.5. The molecule has 1 N–H and O–H groups in total. The number of nitrogens with zero attached hydrogens (tertiary/aromatic N) is 5. The van der Waals surface area contributed by atoms with Crippen LogP contribution < -0.4 is 14.2 Å². The molecule has 0 radical (unpaired) electrons. The Bertz CT molecular complexity index is 1490. The summed E-state index contributed by atoms with van der Waals surface area (Å²) in [5.41, 5.74) is 2.00. The van der Waals surface area contributed by atoms with Gasteiger partial charge in [0.1, 0.15) is 28.5 Å². The summed E-state index contributed by atoms with van der Waals surface area (Å²) in [4.78, 5) is 8.67. The van der Waals surface area contributed by atoms with E-state index in [1.165, 1.54) is 14.2 Å². The van der Waals surface area contributed by atoms with Crippen molar-refractivity contribution in [2.75, 3.05) is 18.9 Å². The molecular weight excluding hydrogens is 520 g/mol. The Labute approximate surface area is 228 Å². The average molecular weight is 553 g/mol. The lowest BCUT2D eigenvalue weighted by atomic mass is 10.2. The molecule has 2 aromatic carbocycles. The number of hydrogen-bond acceptors (Lipinski definition) is 9. The Morgan fingerprint density at radius 1 is 0.872 bits per heavy atom. The van der Waals surface area contributed by atoms with Gasteiger partial charge in [0.15, 0.2) is 11.6 Å². The number of hydrogen-bond donors (Lipinski definition) is 1. The van der Waals surface area contributed by atoms with Crippen LogP contribution in [0.15, 0.2) is 60.9 Å². The van der Waals surface area contributed by atoms with Crippen LogP contribution in [0.1, 0.15) is 38.3 Å². The molecule has 0 aliphatic carbocycles. The maximum atomic E-state index is 13.8. The third-order valence-corrected chi connectivity index (χ3v) is 7.64. The molecule has 2 aromatic heterocycles. The highest BCUT2D eigenvalue weighted by Crippen LogP contribution is 2.38. The largest absolute Gasteiger partial charge is 0.494 e. The number of anilines is 1. The molecule has 0 bridgehead atoms. The lowest BCUT2D eigenvalue weighted by molar-refractivity contribution is 0.00152. The van der Waals surface area contributed by atoms with Crippen LogP contribution in [0.5, 0.6) is 11.5 Å². The first-order chi connectivity index (χ1) is 18.7. The zero-order chi connectivity index (χ0) is 28.2. The van der Waals surface area contributed by atoms with Gasteiger partial charge in [-0.2, -0.15) is 0 Å². The number of aromatic nitrogens is 5. The third kappa shape index (κ3) is 6.02. The second kappa shape index (κ2) is 11.8. The highest BCUT2D eigenvalue weighted by molar-refractivity contribution is 7.93. The van der Waals surface area contributed by atoms with Crippen molar-refractivity contribution in [3.8, 4) is 28.6 Å². The van der Waals surface area contributed by atoms with Gasteiger partial charge in [-0.05, 0) is 45.4 Å². The van der Waals surface area contributed by atoms with Crippen LogP contribution in [0.3, 0.4) is 0 Å². The summed E-state index contributed by atoms with van der Waals surface area (Å²) in [5.74, 6) is 1.49. The number of para-hydroxylation sites is 1. The minimum absolute atomic E-state index is 0.0448. The van der Waals surface area contributed by atoms with Gasteiger partial charge >= 0.3 is 0 Å². The smallest absolute Gasteiger partial charge is 0.243 e. The maximum absolute atomic E-state index is 13.8. The molecule has 39 heavy (non-hydrogen) atoms. The normalized spacial score (nSPS) is 13.2. The first-order valence-corrected chi connectivity index (χ1v) is 13.9. The van der Waals surface area contributed by atoms with E-state index in [2.05, 4.69) is 24.9 Å². The highest BCUT2D eigenvalue weighted by atomic mass is 32.2. The summed E-state index contributed by atoms with van der Waals surface area (Å²) in [6, 6.07) is 14.6. The average Bonchev–Trinajstić information content (AvgIpc) is 3.33. The fourth-order valence-corrected chi connectivity index (χ4v) is 5.08. The van der Waals surface area contributed by atoms with E-state index in [4.69, 9.17) is 14.2 Å². The van der Waals surface area contributed by atoms with E-state index in [0.29, 0.717) is 28.6 Å². The van der Waals surface area contributed by atoms with Crippen LogP contribution in [-0.4, -0.2) is 58.7 Å². The van der Waals surface area contributed by atoms with Crippen LogP contribution in [0.4, 0.5) is 5.95 Å². The molecule has 0 amide bonds. The zero-order valence-electron chi connectivity index (χ0n) is 22.7. The Morgan fingerprint density at radius 3 is 2.05 bits per heavy atom. The molecule has 0 fully saturated rings. The van der Waals surface area contributed by atoms with E-state index in [-0.39, 0.29) is 17.9 Å². The van der Waals surface area contributed by atoms with Crippen molar-refractivity contribution < 1.29 is 22.6 Å². The van der Waals surface area contributed by atoms with Crippen molar-refractivity contribution in [2.45, 2.75) is 45.2 Å². The van der Waals surface area contributed by atoms with Gasteiger partial charge < -0.3 is 14.2 Å². The van der Waals surface area contributed by atoms with Gasteiger partial charge in [0.25, 0.3) is 0 Å². The minimum Gasteiger partial charge on any atom is -0.494 e. The SMILES string of the molecule is COc1cccc(OC)c1-n1c(NS(=O)(=O)C(C)C(OC(C)C)c2ncc(C)cn2)nnc1-c1ccccc1. The van der Waals surface area contributed by atoms with Crippen molar-refractivity contribution in [3.63, 3.8) is 0 Å². The van der Waals surface area contributed by atoms with E-state index >= 15 is 0 Å². The monoisotopic (exact) mass is 552 g/mol. The summed E-state index contributed by atoms with van der Waals surface area (Å²) >= 11 is 0. The van der Waals surface area contributed by atoms with E-state index in [1.54, 1.807) is 42.1 Å². The molecule has 2 atom stereocenters. The van der Waals surface area contributed by atoms with E-state index in [1.807, 2.05) is 51.1 Å². The van der Waals surface area contributed by atoms with Gasteiger partial charge in [0, 0.05) is 18.0 Å². The molecule has 11 nitrogen and oxygen atoms in total. The van der Waals surface area contributed by atoms with Crippen LogP contribution >= 0.6 is 0 Å². The second-order valence-corrected chi connectivity index (χ2v) is 11.2. The molecule has 12 heteroatoms. The van der Waals surface area contributed by atoms with Gasteiger partial charge in [-0.1, -0.05) is 36.4 Å². The second-order valence-electron chi connectivity index (χ2n) is 9.14. The van der Waals surface area contributed by atoms with Gasteiger partial charge in [-0.3, -0.25) is 9.29 Å². The number of benzene rings is 2. The molecular formula is C27H32N6O5S. The fourth-order valence-electron chi connectivity index (χ4n) is 4.00. The standard InChI is InChI=1S/C27H32N6O5S/c1-17(2)38-24(25-28-15-18(3)16-29-25)19(4)39(34,35)32-27-31-30-26(20-11-8-7-9-12-20)33(27)23-21(36-5)13-10-14-22(23)37-6/h7-17,19,24H,1-6H3,(H,31,32). The van der Waals surface area contributed by atoms with Crippen molar-refractivity contribution in [2.24, 2.45) is 0 Å². The van der Waals surface area contributed by atoms with Gasteiger partial charge in [-0.25, -0.2) is 18.4 Å². The lowest BCUT2D eigenvalue weighted by Gasteiger charge is -2.25. The van der Waals surface area contributed by atoms with Gasteiger partial charge in [0.2, 0.25) is 16.0 Å². The predicted octanol–water partition coefficient (Wildman–Crippen LogP) is 4.35. The van der Waals surface area contributed by atoms with Crippen LogP contribution in [0, 0.1) is 6.92 Å². The Balaban J connectivity index is 1.83. The molecule has 0 saturated carbocycles. The molecule has 206 valence electrons. The van der Waals surface area contributed by atoms with E-state index in [9.17, 15) is 8.42 Å². The first kappa shape index (κ1) is 28.0. The van der Waals surface area contributed by atoms with Crippen molar-refractivity contribution in [1.82, 2.24) is 24.7 Å². The molecule has 2 heterocycles. The molecule has 0 saturated heterocycles. The number of nitrogens with one attached hydrogen (secondary N) is 1. The number of sulfonamides is 1. The van der Waals surface area contributed by atoms with Crippen molar-refractivity contribution in [1.29, 1.82) is 0 Å². The summed E-state index contributed by atoms with van der Waals surface area (Å²) in [5, 5.41) is 7.48. The fraction of sp³-hybridized carbons (Fsp3) is 0.333. The van der Waals surface area contributed by atoms with Crippen LogP contribution in [0.25, 0.3) is 17.1 Å². The molecule has 0 aliphatic rings. The molecule has 4 rings (SSSR count). The Kier molecular flexibility index (Phi) is 8.46. The third-order valence-electron chi connectivity index (χ3n) is 5.94. The summed E-state index contributed by atoms with van der Waals surface area (Å²) in [6.07, 6.45) is 2.04. The maximum Gasteiger partial charge on any atom is 0.243 e. The molecule has 0 aliphatic heterocycles. The molecule has 0 spiro atoms. The summed E-state index contributed by atoms with van der Waals surface area (Å²) in [7, 11) is -1.07. The topological polar surface area (TPSA) is 130 Å². The Hall–Kier alpha value is -4.03. The predicted molar refractivity (Wildman–Crippen MR) is 148 cm³/mol. The molecule has 2 unspecified atom stereocenters. The minimum atomic E-state index is -4.11. The quantitative estimate of drug-likeness (QED) is 0.289. The van der Waals surface area contributed by atoms with Gasteiger partial charge in [0.05, 0.1) is 20.3 Å². The van der Waals surface area contributed by atoms with E-state index in [0.717, 1.165) is 5.56 Å². The number of methoxy groups -OCH3 is 2.